The predicted octanol–water partition coefficient (Wildman–Crippen LogP) is 4.13. The summed E-state index contributed by atoms with van der Waals surface area (Å²) in [6.07, 6.45) is 1.71. The first kappa shape index (κ1) is 30.1. The Morgan fingerprint density at radius 3 is 2.34 bits per heavy atom. The van der Waals surface area contributed by atoms with E-state index in [1.807, 2.05) is 24.3 Å². The first-order valence-corrected chi connectivity index (χ1v) is 14.2. The molecule has 1 amide bonds. The maximum absolute atomic E-state index is 13.2. The summed E-state index contributed by atoms with van der Waals surface area (Å²) < 4.78 is 63.9. The van der Waals surface area contributed by atoms with E-state index in [0.717, 1.165) is 55.5 Å². The Bertz CT molecular complexity index is 1250. The molecule has 1 N–H and O–H groups in total. The van der Waals surface area contributed by atoms with Crippen LogP contribution in [0.2, 0.25) is 0 Å². The number of Topliss-reactive ketones (excluding diaryl/α,β-unsaturated/α-hetero) is 1. The smallest absolute Gasteiger partial charge is 0.312 e. The highest BCUT2D eigenvalue weighted by Gasteiger charge is 2.39. The summed E-state index contributed by atoms with van der Waals surface area (Å²) in [6, 6.07) is 9.71. The number of ketones is 1. The van der Waals surface area contributed by atoms with Crippen LogP contribution in [0.3, 0.4) is 0 Å². The van der Waals surface area contributed by atoms with Crippen molar-refractivity contribution in [3.8, 4) is 0 Å². The molecule has 7 nitrogen and oxygen atoms in total. The van der Waals surface area contributed by atoms with E-state index >= 15 is 0 Å². The van der Waals surface area contributed by atoms with Gasteiger partial charge in [-0.1, -0.05) is 24.6 Å². The molecule has 1 saturated carbocycles. The van der Waals surface area contributed by atoms with E-state index in [1.165, 1.54) is 6.07 Å². The second kappa shape index (κ2) is 11.7. The lowest BCUT2D eigenvalue weighted by atomic mass is 9.64. The lowest BCUT2D eigenvalue weighted by Gasteiger charge is -2.42. The van der Waals surface area contributed by atoms with Gasteiger partial charge in [0.05, 0.1) is 6.26 Å². The molecule has 208 valence electrons. The number of carbonyl (C=O) groups excluding carboxylic acids is 2. The molecule has 4 rings (SSSR count). The minimum Gasteiger partial charge on any atom is -0.312 e. The van der Waals surface area contributed by atoms with Gasteiger partial charge in [-0.2, -0.15) is 26.7 Å². The highest BCUT2D eigenvalue weighted by molar-refractivity contribution is 7.88. The van der Waals surface area contributed by atoms with Gasteiger partial charge in [0.25, 0.3) is 0 Å². The quantitative estimate of drug-likeness (QED) is 0.488. The second-order valence-electron chi connectivity index (χ2n) is 10.1. The molecule has 2 fully saturated rings. The summed E-state index contributed by atoms with van der Waals surface area (Å²) in [7, 11) is -3.30. The van der Waals surface area contributed by atoms with Gasteiger partial charge in [0.1, 0.15) is 11.5 Å². The number of nitrogens with one attached hydrogen (secondary N) is 1. The number of anilines is 1. The van der Waals surface area contributed by atoms with Crippen molar-refractivity contribution in [2.24, 2.45) is 5.92 Å². The highest BCUT2D eigenvalue weighted by atomic mass is 32.2. The average molecular weight is 572 g/mol. The molecule has 12 heteroatoms. The number of benzene rings is 1. The zero-order valence-electron chi connectivity index (χ0n) is 21.1. The predicted molar refractivity (Wildman–Crippen MR) is 143 cm³/mol. The maximum Gasteiger partial charge on any atom is 0.433 e. The van der Waals surface area contributed by atoms with Crippen LogP contribution in [0.5, 0.6) is 0 Å². The standard InChI is InChI=1S/C26H30F3N3O4S.H2S/c1-37(35,36)31-17-25(11-3-12-25)20-6-8-21(9-7-20)32-13-2-4-19(24(32)34)15-22(33)14-18-5-10-23(30-16-18)26(27,28)29;/h5-10,16,19,31H,2-4,11-15,17H2,1H3;1H2/t19-;/m1./s1. The minimum absolute atomic E-state index is 0. The lowest BCUT2D eigenvalue weighted by Crippen LogP contribution is -2.45. The van der Waals surface area contributed by atoms with Gasteiger partial charge in [-0.25, -0.2) is 13.1 Å². The van der Waals surface area contributed by atoms with Crippen LogP contribution in [0.1, 0.15) is 55.3 Å². The molecule has 2 aromatic rings. The molecule has 1 aliphatic carbocycles. The molecule has 1 saturated heterocycles. The molecule has 0 spiro atoms. The molecular weight excluding hydrogens is 539 g/mol. The van der Waals surface area contributed by atoms with Crippen LogP contribution in [0.25, 0.3) is 0 Å². The molecule has 0 bridgehead atoms. The molecule has 38 heavy (non-hydrogen) atoms. The van der Waals surface area contributed by atoms with E-state index < -0.39 is 27.8 Å². The Labute approximate surface area is 227 Å². The van der Waals surface area contributed by atoms with E-state index in [0.29, 0.717) is 25.1 Å². The monoisotopic (exact) mass is 571 g/mol. The van der Waals surface area contributed by atoms with Crippen molar-refractivity contribution < 1.29 is 31.2 Å². The van der Waals surface area contributed by atoms with Crippen molar-refractivity contribution in [2.75, 3.05) is 24.2 Å². The number of alkyl halides is 3. The SMILES string of the molecule is CS(=O)(=O)NCC1(c2ccc(N3CCC[C@H](CC(=O)Cc4ccc(C(F)(F)F)nc4)C3=O)cc2)CCC1.S. The Morgan fingerprint density at radius 2 is 1.82 bits per heavy atom. The number of pyridine rings is 1. The largest absolute Gasteiger partial charge is 0.433 e. The summed E-state index contributed by atoms with van der Waals surface area (Å²) in [6.45, 7) is 0.874. The number of nitrogens with zero attached hydrogens (tertiary/aromatic N) is 2. The topological polar surface area (TPSA) is 96.4 Å². The van der Waals surface area contributed by atoms with Gasteiger partial charge in [-0.3, -0.25) is 14.6 Å². The lowest BCUT2D eigenvalue weighted by molar-refractivity contribution is -0.141. The fourth-order valence-electron chi connectivity index (χ4n) is 5.10. The Balaban J connectivity index is 0.00000400. The number of amides is 1. The van der Waals surface area contributed by atoms with Gasteiger partial charge in [-0.05, 0) is 55.0 Å². The van der Waals surface area contributed by atoms with E-state index in [9.17, 15) is 31.2 Å². The maximum atomic E-state index is 13.2. The van der Waals surface area contributed by atoms with Crippen LogP contribution in [0.4, 0.5) is 18.9 Å². The van der Waals surface area contributed by atoms with Crippen LogP contribution in [-0.4, -0.2) is 44.4 Å². The summed E-state index contributed by atoms with van der Waals surface area (Å²) >= 11 is 0. The number of carbonyl (C=O) groups is 2. The molecule has 1 aliphatic heterocycles. The fourth-order valence-corrected chi connectivity index (χ4v) is 5.64. The summed E-state index contributed by atoms with van der Waals surface area (Å²) in [4.78, 5) is 30.9. The van der Waals surface area contributed by atoms with E-state index in [-0.39, 0.29) is 43.4 Å². The van der Waals surface area contributed by atoms with Crippen molar-refractivity contribution in [1.29, 1.82) is 0 Å². The van der Waals surface area contributed by atoms with E-state index in [4.69, 9.17) is 0 Å². The third kappa shape index (κ3) is 7.15. The molecular formula is C26H32F3N3O4S2. The normalized spacial score (nSPS) is 19.4. The molecule has 2 heterocycles. The first-order chi connectivity index (χ1) is 17.4. The number of aromatic nitrogens is 1. The summed E-state index contributed by atoms with van der Waals surface area (Å²) in [5.74, 6) is -0.849. The van der Waals surface area contributed by atoms with Crippen molar-refractivity contribution in [3.05, 3.63) is 59.4 Å². The van der Waals surface area contributed by atoms with Crippen LogP contribution >= 0.6 is 13.5 Å². The molecule has 0 unspecified atom stereocenters. The van der Waals surface area contributed by atoms with Crippen molar-refractivity contribution >= 4 is 40.9 Å². The second-order valence-corrected chi connectivity index (χ2v) is 11.9. The number of halogens is 3. The van der Waals surface area contributed by atoms with Gasteiger partial charge in [0, 0.05) is 49.1 Å². The molecule has 1 aromatic heterocycles. The van der Waals surface area contributed by atoms with Crippen LogP contribution in [-0.2, 0) is 37.6 Å². The zero-order valence-corrected chi connectivity index (χ0v) is 22.9. The molecule has 0 radical (unpaired) electrons. The van der Waals surface area contributed by atoms with Gasteiger partial charge in [0.15, 0.2) is 0 Å². The number of hydrogen-bond acceptors (Lipinski definition) is 5. The zero-order chi connectivity index (χ0) is 26.8. The van der Waals surface area contributed by atoms with Crippen molar-refractivity contribution in [2.45, 2.75) is 56.5 Å². The van der Waals surface area contributed by atoms with E-state index in [2.05, 4.69) is 9.71 Å². The average Bonchev–Trinajstić information content (AvgIpc) is 2.79. The third-order valence-corrected chi connectivity index (χ3v) is 7.98. The number of rotatable bonds is 9. The van der Waals surface area contributed by atoms with Crippen LogP contribution in [0, 0.1) is 5.92 Å². The van der Waals surface area contributed by atoms with Crippen molar-refractivity contribution in [3.63, 3.8) is 0 Å². The first-order valence-electron chi connectivity index (χ1n) is 12.3. The Morgan fingerprint density at radius 1 is 1.13 bits per heavy atom. The van der Waals surface area contributed by atoms with Crippen molar-refractivity contribution in [1.82, 2.24) is 9.71 Å². The number of hydrogen-bond donors (Lipinski definition) is 1. The number of piperidine rings is 1. The Kier molecular flexibility index (Phi) is 9.31. The molecule has 1 atom stereocenters. The van der Waals surface area contributed by atoms with Gasteiger partial charge in [-0.15, -0.1) is 0 Å². The summed E-state index contributed by atoms with van der Waals surface area (Å²) in [5.41, 5.74) is 0.880. The van der Waals surface area contributed by atoms with Gasteiger partial charge >= 0.3 is 6.18 Å². The van der Waals surface area contributed by atoms with E-state index in [1.54, 1.807) is 4.90 Å². The third-order valence-electron chi connectivity index (χ3n) is 7.31. The minimum atomic E-state index is -4.54. The highest BCUT2D eigenvalue weighted by Crippen LogP contribution is 2.44. The molecule has 2 aliphatic rings. The fraction of sp³-hybridized carbons (Fsp3) is 0.500. The summed E-state index contributed by atoms with van der Waals surface area (Å²) in [5, 5.41) is 0. The van der Waals surface area contributed by atoms with Crippen LogP contribution < -0.4 is 9.62 Å². The van der Waals surface area contributed by atoms with Gasteiger partial charge in [0.2, 0.25) is 15.9 Å². The van der Waals surface area contributed by atoms with Crippen LogP contribution in [0.15, 0.2) is 42.6 Å². The Hall–Kier alpha value is -2.44. The number of sulfonamides is 1. The van der Waals surface area contributed by atoms with Gasteiger partial charge < -0.3 is 4.90 Å². The molecule has 1 aromatic carbocycles.